The van der Waals surface area contributed by atoms with Gasteiger partial charge in [-0.15, -0.1) is 12.4 Å². The molecule has 2 aromatic carbocycles. The lowest BCUT2D eigenvalue weighted by Crippen LogP contribution is -2.42. The number of rotatable bonds is 9. The summed E-state index contributed by atoms with van der Waals surface area (Å²) in [5.74, 6) is 1.84. The van der Waals surface area contributed by atoms with E-state index in [1.165, 1.54) is 5.56 Å². The lowest BCUT2D eigenvalue weighted by atomic mass is 9.95. The summed E-state index contributed by atoms with van der Waals surface area (Å²) < 4.78 is 10.9. The SMILES string of the molecule is COc1ccc(CC(C)(C)NCCCOc2ccccc2)cc1.Cl. The highest BCUT2D eigenvalue weighted by atomic mass is 35.5. The molecule has 1 N–H and O–H groups in total. The lowest BCUT2D eigenvalue weighted by Gasteiger charge is -2.26. The first kappa shape index (κ1) is 20.3. The third-order valence-corrected chi connectivity index (χ3v) is 3.74. The number of methoxy groups -OCH3 is 1. The smallest absolute Gasteiger partial charge is 0.119 e. The molecule has 0 saturated heterocycles. The van der Waals surface area contributed by atoms with Crippen molar-refractivity contribution in [3.63, 3.8) is 0 Å². The second kappa shape index (κ2) is 10.2. The molecule has 24 heavy (non-hydrogen) atoms. The van der Waals surface area contributed by atoms with Crippen LogP contribution in [0.1, 0.15) is 25.8 Å². The van der Waals surface area contributed by atoms with Crippen molar-refractivity contribution in [1.82, 2.24) is 5.32 Å². The summed E-state index contributed by atoms with van der Waals surface area (Å²) in [6.45, 7) is 6.14. The summed E-state index contributed by atoms with van der Waals surface area (Å²) in [6, 6.07) is 18.2. The van der Waals surface area contributed by atoms with Crippen LogP contribution in [0.3, 0.4) is 0 Å². The standard InChI is InChI=1S/C20H27NO2.ClH/c1-20(2,16-17-10-12-18(22-3)13-11-17)21-14-7-15-23-19-8-5-4-6-9-19;/h4-6,8-13,21H,7,14-16H2,1-3H3;1H. The predicted molar refractivity (Wildman–Crippen MR) is 103 cm³/mol. The van der Waals surface area contributed by atoms with Gasteiger partial charge in [0.15, 0.2) is 0 Å². The Morgan fingerprint density at radius 3 is 2.21 bits per heavy atom. The number of para-hydroxylation sites is 1. The van der Waals surface area contributed by atoms with E-state index in [2.05, 4.69) is 31.3 Å². The first-order chi connectivity index (χ1) is 11.1. The average molecular weight is 350 g/mol. The van der Waals surface area contributed by atoms with Crippen LogP contribution < -0.4 is 14.8 Å². The van der Waals surface area contributed by atoms with E-state index in [4.69, 9.17) is 9.47 Å². The second-order valence-corrected chi connectivity index (χ2v) is 6.35. The highest BCUT2D eigenvalue weighted by Gasteiger charge is 2.17. The predicted octanol–water partition coefficient (Wildman–Crippen LogP) is 4.50. The summed E-state index contributed by atoms with van der Waals surface area (Å²) in [5, 5.41) is 3.61. The number of hydrogen-bond donors (Lipinski definition) is 1. The zero-order chi connectivity index (χ0) is 16.5. The maximum Gasteiger partial charge on any atom is 0.119 e. The van der Waals surface area contributed by atoms with Gasteiger partial charge in [-0.05, 0) is 63.1 Å². The fourth-order valence-electron chi connectivity index (χ4n) is 2.52. The Bertz CT molecular complexity index is 570. The molecule has 0 spiro atoms. The van der Waals surface area contributed by atoms with E-state index in [9.17, 15) is 0 Å². The van der Waals surface area contributed by atoms with Gasteiger partial charge >= 0.3 is 0 Å². The average Bonchev–Trinajstić information content (AvgIpc) is 2.56. The maximum absolute atomic E-state index is 5.71. The van der Waals surface area contributed by atoms with Crippen LogP contribution in [0.15, 0.2) is 54.6 Å². The number of hydrogen-bond acceptors (Lipinski definition) is 3. The molecule has 4 heteroatoms. The largest absolute Gasteiger partial charge is 0.497 e. The molecule has 2 rings (SSSR count). The topological polar surface area (TPSA) is 30.5 Å². The number of halogens is 1. The van der Waals surface area contributed by atoms with Crippen molar-refractivity contribution < 1.29 is 9.47 Å². The second-order valence-electron chi connectivity index (χ2n) is 6.35. The molecule has 0 fully saturated rings. The van der Waals surface area contributed by atoms with E-state index in [0.717, 1.165) is 37.5 Å². The molecule has 0 amide bonds. The van der Waals surface area contributed by atoms with Crippen molar-refractivity contribution in [1.29, 1.82) is 0 Å². The van der Waals surface area contributed by atoms with Gasteiger partial charge in [0.25, 0.3) is 0 Å². The van der Waals surface area contributed by atoms with Gasteiger partial charge in [0.2, 0.25) is 0 Å². The summed E-state index contributed by atoms with van der Waals surface area (Å²) in [7, 11) is 1.69. The molecule has 0 aromatic heterocycles. The number of benzene rings is 2. The Kier molecular flexibility index (Phi) is 8.66. The molecule has 0 heterocycles. The van der Waals surface area contributed by atoms with Crippen LogP contribution >= 0.6 is 12.4 Å². The third-order valence-electron chi connectivity index (χ3n) is 3.74. The molecule has 0 saturated carbocycles. The van der Waals surface area contributed by atoms with Crippen LogP contribution in [-0.4, -0.2) is 25.8 Å². The molecule has 132 valence electrons. The fourth-order valence-corrected chi connectivity index (χ4v) is 2.52. The number of ether oxygens (including phenoxy) is 2. The quantitative estimate of drug-likeness (QED) is 0.676. The molecule has 2 aromatic rings. The summed E-state index contributed by atoms with van der Waals surface area (Å²) in [4.78, 5) is 0. The molecule has 0 unspecified atom stereocenters. The van der Waals surface area contributed by atoms with Crippen LogP contribution in [0.5, 0.6) is 11.5 Å². The highest BCUT2D eigenvalue weighted by Crippen LogP contribution is 2.17. The summed E-state index contributed by atoms with van der Waals surface area (Å²) >= 11 is 0. The normalized spacial score (nSPS) is 10.8. The molecule has 0 bridgehead atoms. The minimum atomic E-state index is 0. The van der Waals surface area contributed by atoms with Crippen molar-refractivity contribution >= 4 is 12.4 Å². The molecular weight excluding hydrogens is 322 g/mol. The summed E-state index contributed by atoms with van der Waals surface area (Å²) in [5.41, 5.74) is 1.37. The van der Waals surface area contributed by atoms with E-state index in [1.807, 2.05) is 42.5 Å². The van der Waals surface area contributed by atoms with Gasteiger partial charge in [-0.3, -0.25) is 0 Å². The van der Waals surface area contributed by atoms with E-state index in [1.54, 1.807) is 7.11 Å². The Balaban J connectivity index is 0.00000288. The fraction of sp³-hybridized carbons (Fsp3) is 0.400. The van der Waals surface area contributed by atoms with E-state index >= 15 is 0 Å². The molecular formula is C20H28ClNO2. The van der Waals surface area contributed by atoms with Crippen LogP contribution in [0, 0.1) is 0 Å². The molecule has 0 aliphatic heterocycles. The highest BCUT2D eigenvalue weighted by molar-refractivity contribution is 5.85. The monoisotopic (exact) mass is 349 g/mol. The summed E-state index contributed by atoms with van der Waals surface area (Å²) in [6.07, 6.45) is 1.97. The van der Waals surface area contributed by atoms with Crippen LogP contribution in [0.4, 0.5) is 0 Å². The van der Waals surface area contributed by atoms with E-state index in [0.29, 0.717) is 0 Å². The first-order valence-electron chi connectivity index (χ1n) is 8.15. The third kappa shape index (κ3) is 7.24. The zero-order valence-corrected chi connectivity index (χ0v) is 15.6. The Morgan fingerprint density at radius 2 is 1.58 bits per heavy atom. The van der Waals surface area contributed by atoms with Gasteiger partial charge in [0.1, 0.15) is 11.5 Å². The Morgan fingerprint density at radius 1 is 0.917 bits per heavy atom. The van der Waals surface area contributed by atoms with Crippen molar-refractivity contribution in [3.8, 4) is 11.5 Å². The Hall–Kier alpha value is -1.71. The number of nitrogens with one attached hydrogen (secondary N) is 1. The van der Waals surface area contributed by atoms with Gasteiger partial charge in [-0.25, -0.2) is 0 Å². The van der Waals surface area contributed by atoms with E-state index < -0.39 is 0 Å². The molecule has 0 radical (unpaired) electrons. The van der Waals surface area contributed by atoms with Gasteiger partial charge in [-0.1, -0.05) is 30.3 Å². The van der Waals surface area contributed by atoms with Crippen molar-refractivity contribution in [2.45, 2.75) is 32.2 Å². The van der Waals surface area contributed by atoms with Gasteiger partial charge in [-0.2, -0.15) is 0 Å². The van der Waals surface area contributed by atoms with E-state index in [-0.39, 0.29) is 17.9 Å². The van der Waals surface area contributed by atoms with Crippen LogP contribution in [0.2, 0.25) is 0 Å². The Labute approximate surface area is 151 Å². The van der Waals surface area contributed by atoms with Crippen molar-refractivity contribution in [2.24, 2.45) is 0 Å². The van der Waals surface area contributed by atoms with Gasteiger partial charge in [0.05, 0.1) is 13.7 Å². The molecule has 0 aliphatic rings. The molecule has 3 nitrogen and oxygen atoms in total. The van der Waals surface area contributed by atoms with Crippen LogP contribution in [0.25, 0.3) is 0 Å². The van der Waals surface area contributed by atoms with Gasteiger partial charge in [0, 0.05) is 5.54 Å². The first-order valence-corrected chi connectivity index (χ1v) is 8.15. The zero-order valence-electron chi connectivity index (χ0n) is 14.7. The molecule has 0 aliphatic carbocycles. The van der Waals surface area contributed by atoms with Crippen molar-refractivity contribution in [2.75, 3.05) is 20.3 Å². The van der Waals surface area contributed by atoms with Crippen LogP contribution in [-0.2, 0) is 6.42 Å². The lowest BCUT2D eigenvalue weighted by molar-refractivity contribution is 0.294. The molecule has 0 atom stereocenters. The van der Waals surface area contributed by atoms with Crippen molar-refractivity contribution in [3.05, 3.63) is 60.2 Å². The maximum atomic E-state index is 5.71. The minimum Gasteiger partial charge on any atom is -0.497 e. The minimum absolute atomic E-state index is 0. The van der Waals surface area contributed by atoms with Gasteiger partial charge < -0.3 is 14.8 Å².